The molecule has 3 aliphatic carbocycles. The maximum absolute atomic E-state index is 10.2. The molecule has 0 aromatic heterocycles. The zero-order valence-corrected chi connectivity index (χ0v) is 14.1. The highest BCUT2D eigenvalue weighted by molar-refractivity contribution is 5.09. The van der Waals surface area contributed by atoms with Gasteiger partial charge in [0.05, 0.1) is 18.8 Å². The summed E-state index contributed by atoms with van der Waals surface area (Å²) >= 11 is 0. The minimum atomic E-state index is -0.316. The SMILES string of the molecule is CC1(C)[C@@H]2CC[C@@](C)(C2)[C@@H]1OC[C@H](O)C[NH2+]C1CCCC1. The van der Waals surface area contributed by atoms with Crippen molar-refractivity contribution >= 4 is 0 Å². The maximum atomic E-state index is 10.2. The van der Waals surface area contributed by atoms with Crippen molar-refractivity contribution in [2.24, 2.45) is 16.7 Å². The quantitative estimate of drug-likeness (QED) is 0.788. The molecule has 122 valence electrons. The van der Waals surface area contributed by atoms with Crippen molar-refractivity contribution in [1.82, 2.24) is 0 Å². The van der Waals surface area contributed by atoms with Gasteiger partial charge in [-0.2, -0.15) is 0 Å². The molecule has 0 aromatic carbocycles. The molecule has 3 saturated carbocycles. The maximum Gasteiger partial charge on any atom is 0.126 e. The molecule has 3 heteroatoms. The Kier molecular flexibility index (Phi) is 4.37. The molecule has 0 amide bonds. The third-order valence-corrected chi connectivity index (χ3v) is 6.73. The topological polar surface area (TPSA) is 46.1 Å². The molecule has 2 bridgehead atoms. The number of hydrogen-bond donors (Lipinski definition) is 2. The van der Waals surface area contributed by atoms with E-state index in [1.54, 1.807) is 0 Å². The van der Waals surface area contributed by atoms with Crippen molar-refractivity contribution in [2.75, 3.05) is 13.2 Å². The Hall–Kier alpha value is -0.120. The summed E-state index contributed by atoms with van der Waals surface area (Å²) < 4.78 is 6.26. The van der Waals surface area contributed by atoms with Crippen LogP contribution in [0.25, 0.3) is 0 Å². The zero-order chi connectivity index (χ0) is 15.1. The summed E-state index contributed by atoms with van der Waals surface area (Å²) in [5, 5.41) is 12.6. The van der Waals surface area contributed by atoms with Crippen molar-refractivity contribution in [2.45, 2.75) is 84.0 Å². The standard InChI is InChI=1S/C18H33NO2/c1-17(2)13-8-9-18(3,10-13)16(17)21-12-15(20)11-19-14-6-4-5-7-14/h13-16,19-20H,4-12H2,1-3H3/p+1/t13-,15-,16-,18+/m1/s1. The molecule has 3 N–H and O–H groups in total. The Labute approximate surface area is 129 Å². The minimum absolute atomic E-state index is 0.280. The van der Waals surface area contributed by atoms with Gasteiger partial charge in [0.1, 0.15) is 12.6 Å². The fourth-order valence-electron chi connectivity index (χ4n) is 5.49. The van der Waals surface area contributed by atoms with Crippen LogP contribution in [-0.4, -0.2) is 36.5 Å². The Morgan fingerprint density at radius 1 is 1.19 bits per heavy atom. The molecule has 3 rings (SSSR count). The second-order valence-corrected chi connectivity index (χ2v) is 8.80. The Bertz CT molecular complexity index is 359. The molecule has 0 unspecified atom stereocenters. The molecule has 0 heterocycles. The van der Waals surface area contributed by atoms with E-state index in [4.69, 9.17) is 4.74 Å². The van der Waals surface area contributed by atoms with Gasteiger partial charge in [-0.05, 0) is 61.7 Å². The molecule has 3 fully saturated rings. The molecule has 4 atom stereocenters. The first kappa shape index (κ1) is 15.8. The van der Waals surface area contributed by atoms with Crippen molar-refractivity contribution < 1.29 is 15.2 Å². The van der Waals surface area contributed by atoms with Crippen LogP contribution in [-0.2, 0) is 4.74 Å². The van der Waals surface area contributed by atoms with Gasteiger partial charge >= 0.3 is 0 Å². The predicted octanol–water partition coefficient (Wildman–Crippen LogP) is 2.08. The average molecular weight is 296 g/mol. The van der Waals surface area contributed by atoms with E-state index in [2.05, 4.69) is 26.1 Å². The monoisotopic (exact) mass is 296 g/mol. The molecular weight excluding hydrogens is 262 g/mol. The van der Waals surface area contributed by atoms with Gasteiger partial charge in [0.2, 0.25) is 0 Å². The normalized spacial score (nSPS) is 40.0. The lowest BCUT2D eigenvalue weighted by atomic mass is 9.70. The predicted molar refractivity (Wildman–Crippen MR) is 84.0 cm³/mol. The lowest BCUT2D eigenvalue weighted by Gasteiger charge is -2.42. The minimum Gasteiger partial charge on any atom is -0.385 e. The summed E-state index contributed by atoms with van der Waals surface area (Å²) in [5.41, 5.74) is 0.630. The summed E-state index contributed by atoms with van der Waals surface area (Å²) in [5.74, 6) is 0.815. The Morgan fingerprint density at radius 2 is 1.90 bits per heavy atom. The van der Waals surface area contributed by atoms with Crippen LogP contribution in [0.15, 0.2) is 0 Å². The van der Waals surface area contributed by atoms with Gasteiger partial charge in [0, 0.05) is 0 Å². The van der Waals surface area contributed by atoms with Crippen LogP contribution in [0.3, 0.4) is 0 Å². The van der Waals surface area contributed by atoms with Crippen LogP contribution in [0.4, 0.5) is 0 Å². The molecule has 0 aromatic rings. The second-order valence-electron chi connectivity index (χ2n) is 8.80. The van der Waals surface area contributed by atoms with Gasteiger partial charge in [-0.15, -0.1) is 0 Å². The molecule has 3 nitrogen and oxygen atoms in total. The number of nitrogens with two attached hydrogens (primary N) is 1. The number of ether oxygens (including phenoxy) is 1. The molecule has 21 heavy (non-hydrogen) atoms. The van der Waals surface area contributed by atoms with E-state index in [-0.39, 0.29) is 11.5 Å². The van der Waals surface area contributed by atoms with E-state index in [1.165, 1.54) is 44.9 Å². The van der Waals surface area contributed by atoms with E-state index < -0.39 is 0 Å². The summed E-state index contributed by atoms with van der Waals surface area (Å²) in [7, 11) is 0. The van der Waals surface area contributed by atoms with E-state index in [0.29, 0.717) is 18.1 Å². The van der Waals surface area contributed by atoms with Crippen molar-refractivity contribution in [3.05, 3.63) is 0 Å². The van der Waals surface area contributed by atoms with Gasteiger partial charge in [-0.3, -0.25) is 0 Å². The number of quaternary nitrogens is 1. The van der Waals surface area contributed by atoms with Crippen molar-refractivity contribution in [3.63, 3.8) is 0 Å². The van der Waals surface area contributed by atoms with Crippen LogP contribution in [0.1, 0.15) is 65.7 Å². The van der Waals surface area contributed by atoms with Gasteiger partial charge in [0.25, 0.3) is 0 Å². The lowest BCUT2D eigenvalue weighted by molar-refractivity contribution is -0.693. The Morgan fingerprint density at radius 3 is 2.52 bits per heavy atom. The van der Waals surface area contributed by atoms with Crippen molar-refractivity contribution in [1.29, 1.82) is 0 Å². The van der Waals surface area contributed by atoms with Crippen LogP contribution in [0.5, 0.6) is 0 Å². The van der Waals surface area contributed by atoms with Crippen LogP contribution in [0.2, 0.25) is 0 Å². The number of fused-ring (bicyclic) bond motifs is 2. The van der Waals surface area contributed by atoms with Gasteiger partial charge in [-0.1, -0.05) is 20.8 Å². The number of aliphatic hydroxyl groups excluding tert-OH is 1. The smallest absolute Gasteiger partial charge is 0.126 e. The molecule has 0 radical (unpaired) electrons. The fraction of sp³-hybridized carbons (Fsp3) is 1.00. The average Bonchev–Trinajstić information content (AvgIpc) is 3.09. The highest BCUT2D eigenvalue weighted by atomic mass is 16.5. The number of aliphatic hydroxyl groups is 1. The summed E-state index contributed by atoms with van der Waals surface area (Å²) in [4.78, 5) is 0. The van der Waals surface area contributed by atoms with Crippen LogP contribution >= 0.6 is 0 Å². The summed E-state index contributed by atoms with van der Waals surface area (Å²) in [6.07, 6.45) is 9.36. The zero-order valence-electron chi connectivity index (χ0n) is 14.1. The third kappa shape index (κ3) is 3.02. The fourth-order valence-corrected chi connectivity index (χ4v) is 5.49. The molecule has 0 aliphatic heterocycles. The lowest BCUT2D eigenvalue weighted by Crippen LogP contribution is -2.91. The highest BCUT2D eigenvalue weighted by Crippen LogP contribution is 2.63. The largest absolute Gasteiger partial charge is 0.385 e. The first-order chi connectivity index (χ1) is 9.92. The third-order valence-electron chi connectivity index (χ3n) is 6.73. The summed E-state index contributed by atoms with van der Waals surface area (Å²) in [6, 6.07) is 0.746. The molecule has 0 spiro atoms. The van der Waals surface area contributed by atoms with Gasteiger partial charge < -0.3 is 15.2 Å². The van der Waals surface area contributed by atoms with E-state index in [0.717, 1.165) is 18.5 Å². The van der Waals surface area contributed by atoms with E-state index in [1.807, 2.05) is 0 Å². The van der Waals surface area contributed by atoms with E-state index >= 15 is 0 Å². The number of hydrogen-bond acceptors (Lipinski definition) is 2. The first-order valence-electron chi connectivity index (χ1n) is 9.05. The molecular formula is C18H34NO2+. The van der Waals surface area contributed by atoms with Crippen LogP contribution in [0, 0.1) is 16.7 Å². The van der Waals surface area contributed by atoms with Crippen molar-refractivity contribution in [3.8, 4) is 0 Å². The molecule has 0 saturated heterocycles. The number of rotatable bonds is 6. The van der Waals surface area contributed by atoms with E-state index in [9.17, 15) is 5.11 Å². The molecule has 3 aliphatic rings. The second kappa shape index (κ2) is 5.82. The highest BCUT2D eigenvalue weighted by Gasteiger charge is 2.60. The summed E-state index contributed by atoms with van der Waals surface area (Å²) in [6.45, 7) is 8.44. The van der Waals surface area contributed by atoms with Gasteiger partial charge in [0.15, 0.2) is 0 Å². The first-order valence-corrected chi connectivity index (χ1v) is 9.05. The van der Waals surface area contributed by atoms with Crippen LogP contribution < -0.4 is 5.32 Å². The Balaban J connectivity index is 1.46. The van der Waals surface area contributed by atoms with Gasteiger partial charge in [-0.25, -0.2) is 0 Å².